The summed E-state index contributed by atoms with van der Waals surface area (Å²) in [4.78, 5) is 23.2. The molecule has 7 nitrogen and oxygen atoms in total. The van der Waals surface area contributed by atoms with Crippen LogP contribution in [0, 0.1) is 0 Å². The van der Waals surface area contributed by atoms with Crippen LogP contribution in [0.15, 0.2) is 48.5 Å². The van der Waals surface area contributed by atoms with Gasteiger partial charge in [-0.2, -0.15) is 0 Å². The fourth-order valence-electron chi connectivity index (χ4n) is 2.75. The lowest BCUT2D eigenvalue weighted by atomic mass is 10.1. The number of hydrogen-bond acceptors (Lipinski definition) is 6. The van der Waals surface area contributed by atoms with Crippen LogP contribution in [0.4, 0.5) is 4.79 Å². The molecule has 0 saturated heterocycles. The highest BCUT2D eigenvalue weighted by atomic mass is 16.6. The second-order valence-electron chi connectivity index (χ2n) is 6.43. The summed E-state index contributed by atoms with van der Waals surface area (Å²) in [6, 6.07) is 14.9. The SMILES string of the molecule is CCOC(=O)C(Cc1ccc(OCCc2ccc(OC(=O)NC)cc2)cc1)OCC. The zero-order valence-electron chi connectivity index (χ0n) is 17.7. The standard InChI is InChI=1S/C23H29NO6/c1-4-27-21(22(25)28-5-2)16-18-8-10-19(11-9-18)29-15-14-17-6-12-20(13-7-17)30-23(26)24-3/h6-13,21H,4-5,14-16H2,1-3H3,(H,24,26). The number of amides is 1. The Hall–Kier alpha value is -3.06. The van der Waals surface area contributed by atoms with Gasteiger partial charge in [0.05, 0.1) is 13.2 Å². The molecule has 1 N–H and O–H groups in total. The maximum absolute atomic E-state index is 12.0. The van der Waals surface area contributed by atoms with E-state index in [1.165, 1.54) is 7.05 Å². The van der Waals surface area contributed by atoms with Crippen molar-refractivity contribution in [2.45, 2.75) is 32.8 Å². The molecule has 0 aliphatic carbocycles. The Morgan fingerprint density at radius 3 is 2.13 bits per heavy atom. The molecule has 30 heavy (non-hydrogen) atoms. The van der Waals surface area contributed by atoms with Gasteiger partial charge in [-0.25, -0.2) is 9.59 Å². The maximum atomic E-state index is 12.0. The Labute approximate surface area is 177 Å². The number of benzene rings is 2. The predicted octanol–water partition coefficient (Wildman–Crippen LogP) is 3.54. The molecule has 0 heterocycles. The lowest BCUT2D eigenvalue weighted by Gasteiger charge is -2.15. The van der Waals surface area contributed by atoms with Crippen LogP contribution in [0.5, 0.6) is 11.5 Å². The van der Waals surface area contributed by atoms with Crippen LogP contribution in [-0.2, 0) is 27.1 Å². The summed E-state index contributed by atoms with van der Waals surface area (Å²) in [7, 11) is 1.51. The first kappa shape index (κ1) is 23.2. The number of carbonyl (C=O) groups is 2. The second kappa shape index (κ2) is 12.5. The molecule has 0 aliphatic rings. The third kappa shape index (κ3) is 7.75. The Morgan fingerprint density at radius 2 is 1.53 bits per heavy atom. The van der Waals surface area contributed by atoms with E-state index in [0.717, 1.165) is 23.3 Å². The Morgan fingerprint density at radius 1 is 0.900 bits per heavy atom. The van der Waals surface area contributed by atoms with Crippen LogP contribution in [-0.4, -0.2) is 45.0 Å². The summed E-state index contributed by atoms with van der Waals surface area (Å²) in [5, 5.41) is 2.40. The van der Waals surface area contributed by atoms with Crippen molar-refractivity contribution in [1.82, 2.24) is 5.32 Å². The van der Waals surface area contributed by atoms with Gasteiger partial charge in [-0.1, -0.05) is 24.3 Å². The average Bonchev–Trinajstić information content (AvgIpc) is 2.76. The molecule has 7 heteroatoms. The molecule has 1 unspecified atom stereocenters. The highest BCUT2D eigenvalue weighted by Gasteiger charge is 2.20. The first-order chi connectivity index (χ1) is 14.5. The predicted molar refractivity (Wildman–Crippen MR) is 113 cm³/mol. The number of nitrogens with one attached hydrogen (secondary N) is 1. The largest absolute Gasteiger partial charge is 0.493 e. The fourth-order valence-corrected chi connectivity index (χ4v) is 2.75. The van der Waals surface area contributed by atoms with Crippen LogP contribution < -0.4 is 14.8 Å². The summed E-state index contributed by atoms with van der Waals surface area (Å²) >= 11 is 0. The molecule has 2 aromatic rings. The highest BCUT2D eigenvalue weighted by molar-refractivity contribution is 5.75. The summed E-state index contributed by atoms with van der Waals surface area (Å²) in [6.45, 7) is 4.92. The van der Waals surface area contributed by atoms with E-state index in [-0.39, 0.29) is 5.97 Å². The van der Waals surface area contributed by atoms with Gasteiger partial charge in [0.2, 0.25) is 0 Å². The van der Waals surface area contributed by atoms with E-state index >= 15 is 0 Å². The Kier molecular flexibility index (Phi) is 9.67. The number of rotatable bonds is 11. The number of ether oxygens (including phenoxy) is 4. The molecule has 0 aromatic heterocycles. The minimum Gasteiger partial charge on any atom is -0.493 e. The van der Waals surface area contributed by atoms with Crippen molar-refractivity contribution in [1.29, 1.82) is 0 Å². The van der Waals surface area contributed by atoms with Gasteiger partial charge in [0.1, 0.15) is 11.5 Å². The van der Waals surface area contributed by atoms with Crippen LogP contribution in [0.3, 0.4) is 0 Å². The van der Waals surface area contributed by atoms with E-state index in [9.17, 15) is 9.59 Å². The zero-order valence-corrected chi connectivity index (χ0v) is 17.7. The molecule has 0 saturated carbocycles. The van der Waals surface area contributed by atoms with Crippen molar-refractivity contribution in [2.75, 3.05) is 26.9 Å². The molecule has 0 spiro atoms. The van der Waals surface area contributed by atoms with E-state index in [2.05, 4.69) is 5.32 Å². The molecule has 162 valence electrons. The van der Waals surface area contributed by atoms with Crippen LogP contribution >= 0.6 is 0 Å². The van der Waals surface area contributed by atoms with E-state index in [0.29, 0.717) is 32.0 Å². The fraction of sp³-hybridized carbons (Fsp3) is 0.391. The van der Waals surface area contributed by atoms with Gasteiger partial charge in [0, 0.05) is 26.5 Å². The van der Waals surface area contributed by atoms with Crippen molar-refractivity contribution in [2.24, 2.45) is 0 Å². The molecule has 2 aromatic carbocycles. The minimum absolute atomic E-state index is 0.332. The quantitative estimate of drug-likeness (QED) is 0.565. The third-order valence-corrected chi connectivity index (χ3v) is 4.26. The van der Waals surface area contributed by atoms with Crippen molar-refractivity contribution in [3.8, 4) is 11.5 Å². The lowest BCUT2D eigenvalue weighted by molar-refractivity contribution is -0.156. The normalized spacial score (nSPS) is 11.4. The second-order valence-corrected chi connectivity index (χ2v) is 6.43. The summed E-state index contributed by atoms with van der Waals surface area (Å²) in [5.41, 5.74) is 2.05. The van der Waals surface area contributed by atoms with Crippen molar-refractivity contribution < 1.29 is 28.5 Å². The molecule has 1 amide bonds. The smallest absolute Gasteiger partial charge is 0.412 e. The van der Waals surface area contributed by atoms with Crippen molar-refractivity contribution in [3.05, 3.63) is 59.7 Å². The van der Waals surface area contributed by atoms with Crippen molar-refractivity contribution >= 4 is 12.1 Å². The molecular formula is C23H29NO6. The van der Waals surface area contributed by atoms with E-state index in [1.54, 1.807) is 19.1 Å². The summed E-state index contributed by atoms with van der Waals surface area (Å²) in [5.74, 6) is 0.900. The van der Waals surface area contributed by atoms with Crippen LogP contribution in [0.1, 0.15) is 25.0 Å². The number of carbonyl (C=O) groups excluding carboxylic acids is 2. The molecule has 0 fully saturated rings. The Balaban J connectivity index is 1.81. The summed E-state index contributed by atoms with van der Waals surface area (Å²) in [6.07, 6.45) is 0.0794. The summed E-state index contributed by atoms with van der Waals surface area (Å²) < 4.78 is 21.4. The lowest BCUT2D eigenvalue weighted by Crippen LogP contribution is -2.28. The van der Waals surface area contributed by atoms with E-state index in [1.807, 2.05) is 43.3 Å². The highest BCUT2D eigenvalue weighted by Crippen LogP contribution is 2.17. The number of hydrogen-bond donors (Lipinski definition) is 1. The number of esters is 1. The molecule has 2 rings (SSSR count). The molecule has 1 atom stereocenters. The first-order valence-electron chi connectivity index (χ1n) is 10.0. The van der Waals surface area contributed by atoms with Gasteiger partial charge in [-0.15, -0.1) is 0 Å². The Bertz CT molecular complexity index is 788. The van der Waals surface area contributed by atoms with Gasteiger partial charge >= 0.3 is 12.1 Å². The van der Waals surface area contributed by atoms with Gasteiger partial charge < -0.3 is 24.3 Å². The van der Waals surface area contributed by atoms with Crippen molar-refractivity contribution in [3.63, 3.8) is 0 Å². The molecular weight excluding hydrogens is 386 g/mol. The zero-order chi connectivity index (χ0) is 21.8. The van der Waals surface area contributed by atoms with Crippen LogP contribution in [0.2, 0.25) is 0 Å². The molecule has 0 bridgehead atoms. The molecule has 0 radical (unpaired) electrons. The average molecular weight is 415 g/mol. The van der Waals surface area contributed by atoms with Gasteiger partial charge in [0.15, 0.2) is 6.10 Å². The topological polar surface area (TPSA) is 83.1 Å². The third-order valence-electron chi connectivity index (χ3n) is 4.26. The monoisotopic (exact) mass is 415 g/mol. The van der Waals surface area contributed by atoms with Gasteiger partial charge in [0.25, 0.3) is 0 Å². The molecule has 0 aliphatic heterocycles. The van der Waals surface area contributed by atoms with E-state index in [4.69, 9.17) is 18.9 Å². The maximum Gasteiger partial charge on any atom is 0.412 e. The van der Waals surface area contributed by atoms with Crippen LogP contribution in [0.25, 0.3) is 0 Å². The minimum atomic E-state index is -0.600. The van der Waals surface area contributed by atoms with Gasteiger partial charge in [-0.05, 0) is 49.2 Å². The first-order valence-corrected chi connectivity index (χ1v) is 10.0. The van der Waals surface area contributed by atoms with Gasteiger partial charge in [-0.3, -0.25) is 0 Å². The van der Waals surface area contributed by atoms with E-state index < -0.39 is 12.2 Å².